The normalized spacial score (nSPS) is 25.9. The Morgan fingerprint density at radius 3 is 2.65 bits per heavy atom. The molecule has 26 heavy (non-hydrogen) atoms. The van der Waals surface area contributed by atoms with E-state index in [9.17, 15) is 14.4 Å². The van der Waals surface area contributed by atoms with Gasteiger partial charge in [-0.15, -0.1) is 0 Å². The molecule has 1 aliphatic carbocycles. The monoisotopic (exact) mass is 357 g/mol. The molecule has 0 aromatic heterocycles. The number of benzene rings is 1. The summed E-state index contributed by atoms with van der Waals surface area (Å²) in [6, 6.07) is 8.96. The molecule has 6 nitrogen and oxygen atoms in total. The van der Waals surface area contributed by atoms with Crippen LogP contribution in [0, 0.1) is 5.92 Å². The van der Waals surface area contributed by atoms with Crippen LogP contribution in [0.1, 0.15) is 44.6 Å². The molecule has 140 valence electrons. The first-order valence-corrected chi connectivity index (χ1v) is 9.50. The molecule has 2 aliphatic rings. The third-order valence-electron chi connectivity index (χ3n) is 5.43. The molecule has 4 amide bonds. The second-order valence-corrected chi connectivity index (χ2v) is 7.39. The number of nitrogens with zero attached hydrogens (tertiary/aromatic N) is 1. The molecule has 1 saturated carbocycles. The van der Waals surface area contributed by atoms with Crippen LogP contribution in [0.25, 0.3) is 0 Å². The highest BCUT2D eigenvalue weighted by molar-refractivity contribution is 6.06. The van der Waals surface area contributed by atoms with Crippen LogP contribution < -0.4 is 10.6 Å². The van der Waals surface area contributed by atoms with Crippen molar-refractivity contribution in [3.8, 4) is 0 Å². The first-order chi connectivity index (χ1) is 12.5. The first-order valence-electron chi connectivity index (χ1n) is 9.50. The van der Waals surface area contributed by atoms with E-state index in [4.69, 9.17) is 0 Å². The van der Waals surface area contributed by atoms with Gasteiger partial charge in [-0.3, -0.25) is 14.5 Å². The van der Waals surface area contributed by atoms with E-state index >= 15 is 0 Å². The minimum absolute atomic E-state index is 0.144. The Bertz CT molecular complexity index is 662. The molecule has 2 fully saturated rings. The zero-order valence-electron chi connectivity index (χ0n) is 15.2. The lowest BCUT2D eigenvalue weighted by atomic mass is 9.86. The summed E-state index contributed by atoms with van der Waals surface area (Å²) in [6.07, 6.45) is 5.62. The van der Waals surface area contributed by atoms with Crippen molar-refractivity contribution in [2.75, 3.05) is 6.54 Å². The van der Waals surface area contributed by atoms with E-state index in [0.29, 0.717) is 18.8 Å². The van der Waals surface area contributed by atoms with Gasteiger partial charge in [0.05, 0.1) is 0 Å². The van der Waals surface area contributed by atoms with Crippen molar-refractivity contribution in [3.05, 3.63) is 35.9 Å². The highest BCUT2D eigenvalue weighted by Gasteiger charge is 2.38. The minimum Gasteiger partial charge on any atom is -0.352 e. The van der Waals surface area contributed by atoms with Gasteiger partial charge in [0.1, 0.15) is 12.6 Å². The lowest BCUT2D eigenvalue weighted by Gasteiger charge is -2.29. The van der Waals surface area contributed by atoms with E-state index in [0.717, 1.165) is 29.7 Å². The van der Waals surface area contributed by atoms with Gasteiger partial charge in [-0.05, 0) is 37.2 Å². The van der Waals surface area contributed by atoms with Crippen LogP contribution in [0.5, 0.6) is 0 Å². The quantitative estimate of drug-likeness (QED) is 0.767. The van der Waals surface area contributed by atoms with Crippen LogP contribution in [-0.2, 0) is 16.0 Å². The fourth-order valence-electron chi connectivity index (χ4n) is 3.80. The van der Waals surface area contributed by atoms with E-state index in [1.54, 1.807) is 0 Å². The predicted molar refractivity (Wildman–Crippen MR) is 98.4 cm³/mol. The van der Waals surface area contributed by atoms with Gasteiger partial charge >= 0.3 is 6.03 Å². The van der Waals surface area contributed by atoms with E-state index in [-0.39, 0.29) is 24.4 Å². The van der Waals surface area contributed by atoms with Gasteiger partial charge < -0.3 is 10.6 Å². The Balaban J connectivity index is 1.51. The Hall–Kier alpha value is -2.37. The van der Waals surface area contributed by atoms with Crippen LogP contribution in [0.15, 0.2) is 30.3 Å². The number of carbonyl (C=O) groups excluding carboxylic acids is 3. The molecular weight excluding hydrogens is 330 g/mol. The number of nitrogens with one attached hydrogen (secondary N) is 2. The summed E-state index contributed by atoms with van der Waals surface area (Å²) >= 11 is 0. The van der Waals surface area contributed by atoms with Gasteiger partial charge in [-0.25, -0.2) is 4.79 Å². The number of hydrogen-bond donors (Lipinski definition) is 2. The van der Waals surface area contributed by atoms with E-state index in [1.807, 2.05) is 30.3 Å². The van der Waals surface area contributed by atoms with Crippen molar-refractivity contribution in [1.82, 2.24) is 15.5 Å². The molecule has 0 bridgehead atoms. The molecule has 0 radical (unpaired) electrons. The van der Waals surface area contributed by atoms with Gasteiger partial charge in [-0.1, -0.05) is 50.1 Å². The van der Waals surface area contributed by atoms with Gasteiger partial charge in [0.25, 0.3) is 5.91 Å². The maximum absolute atomic E-state index is 12.5. The minimum atomic E-state index is -0.552. The van der Waals surface area contributed by atoms with E-state index in [2.05, 4.69) is 17.6 Å². The smallest absolute Gasteiger partial charge is 0.325 e. The number of rotatable bonds is 6. The third kappa shape index (κ3) is 4.42. The van der Waals surface area contributed by atoms with E-state index < -0.39 is 12.1 Å². The van der Waals surface area contributed by atoms with Crippen molar-refractivity contribution in [1.29, 1.82) is 0 Å². The van der Waals surface area contributed by atoms with Crippen molar-refractivity contribution in [3.63, 3.8) is 0 Å². The molecule has 1 saturated heterocycles. The number of hydrogen-bond acceptors (Lipinski definition) is 3. The lowest BCUT2D eigenvalue weighted by molar-refractivity contribution is -0.132. The second-order valence-electron chi connectivity index (χ2n) is 7.39. The summed E-state index contributed by atoms with van der Waals surface area (Å²) in [5, 5.41) is 5.70. The summed E-state index contributed by atoms with van der Waals surface area (Å²) in [6.45, 7) is 1.94. The van der Waals surface area contributed by atoms with Crippen molar-refractivity contribution in [2.45, 2.75) is 57.5 Å². The zero-order chi connectivity index (χ0) is 18.5. The molecule has 0 unspecified atom stereocenters. The summed E-state index contributed by atoms with van der Waals surface area (Å²) in [5.74, 6) is -0.122. The molecule has 3 atom stereocenters. The molecule has 1 aromatic carbocycles. The molecule has 1 heterocycles. The summed E-state index contributed by atoms with van der Waals surface area (Å²) < 4.78 is 0. The Morgan fingerprint density at radius 1 is 1.19 bits per heavy atom. The number of amides is 4. The average molecular weight is 357 g/mol. The summed E-state index contributed by atoms with van der Waals surface area (Å²) in [7, 11) is 0. The Labute approximate surface area is 154 Å². The standard InChI is InChI=1S/C20H27N3O3/c1-14-7-5-6-10-16(14)21-18(24)13-23-19(25)17(22-20(23)26)12-11-15-8-3-2-4-9-15/h2-4,8-9,14,16-17H,5-7,10-13H2,1H3,(H,21,24)(H,22,26)/t14-,16+,17+/m1/s1. The van der Waals surface area contributed by atoms with Crippen LogP contribution in [0.2, 0.25) is 0 Å². The molecule has 1 aromatic rings. The average Bonchev–Trinajstić information content (AvgIpc) is 2.90. The van der Waals surface area contributed by atoms with Gasteiger partial charge in [0, 0.05) is 6.04 Å². The third-order valence-corrected chi connectivity index (χ3v) is 5.43. The lowest BCUT2D eigenvalue weighted by Crippen LogP contribution is -2.47. The SMILES string of the molecule is C[C@@H]1CCCC[C@@H]1NC(=O)CN1C(=O)N[C@@H](CCc2ccccc2)C1=O. The van der Waals surface area contributed by atoms with Gasteiger partial charge in [0.2, 0.25) is 5.91 Å². The molecular formula is C20H27N3O3. The topological polar surface area (TPSA) is 78.5 Å². The van der Waals surface area contributed by atoms with Crippen molar-refractivity contribution < 1.29 is 14.4 Å². The first kappa shape index (κ1) is 18.4. The fourth-order valence-corrected chi connectivity index (χ4v) is 3.80. The maximum Gasteiger partial charge on any atom is 0.325 e. The molecule has 3 rings (SSSR count). The molecule has 1 aliphatic heterocycles. The number of urea groups is 1. The number of imide groups is 1. The van der Waals surface area contributed by atoms with Crippen molar-refractivity contribution >= 4 is 17.8 Å². The Morgan fingerprint density at radius 2 is 1.92 bits per heavy atom. The van der Waals surface area contributed by atoms with Crippen LogP contribution >= 0.6 is 0 Å². The predicted octanol–water partition coefficient (Wildman–Crippen LogP) is 2.23. The molecule has 6 heteroatoms. The van der Waals surface area contributed by atoms with Gasteiger partial charge in [0.15, 0.2) is 0 Å². The van der Waals surface area contributed by atoms with Crippen LogP contribution in [0.4, 0.5) is 4.79 Å². The van der Waals surface area contributed by atoms with Crippen LogP contribution in [-0.4, -0.2) is 41.4 Å². The number of carbonyl (C=O) groups is 3. The summed E-state index contributed by atoms with van der Waals surface area (Å²) in [4.78, 5) is 37.9. The largest absolute Gasteiger partial charge is 0.352 e. The van der Waals surface area contributed by atoms with Gasteiger partial charge in [-0.2, -0.15) is 0 Å². The summed E-state index contributed by atoms with van der Waals surface area (Å²) in [5.41, 5.74) is 1.12. The highest BCUT2D eigenvalue weighted by Crippen LogP contribution is 2.23. The molecule has 0 spiro atoms. The Kier molecular flexibility index (Phi) is 5.91. The van der Waals surface area contributed by atoms with Crippen molar-refractivity contribution in [2.24, 2.45) is 5.92 Å². The zero-order valence-corrected chi connectivity index (χ0v) is 15.2. The number of aryl methyl sites for hydroxylation is 1. The maximum atomic E-state index is 12.5. The molecule has 2 N–H and O–H groups in total. The van der Waals surface area contributed by atoms with E-state index in [1.165, 1.54) is 6.42 Å². The fraction of sp³-hybridized carbons (Fsp3) is 0.550. The highest BCUT2D eigenvalue weighted by atomic mass is 16.2. The van der Waals surface area contributed by atoms with Crippen LogP contribution in [0.3, 0.4) is 0 Å². The second kappa shape index (κ2) is 8.34.